The van der Waals surface area contributed by atoms with Gasteiger partial charge in [0.05, 0.1) is 6.54 Å². The molecule has 2 aromatic carbocycles. The van der Waals surface area contributed by atoms with E-state index in [1.165, 1.54) is 12.0 Å². The van der Waals surface area contributed by atoms with E-state index >= 15 is 0 Å². The van der Waals surface area contributed by atoms with E-state index < -0.39 is 0 Å². The number of piperidine rings is 1. The molecule has 0 atom stereocenters. The van der Waals surface area contributed by atoms with Crippen LogP contribution in [0.1, 0.15) is 40.7 Å². The maximum absolute atomic E-state index is 13.2. The molecule has 2 amide bonds. The molecule has 0 saturated carbocycles. The van der Waals surface area contributed by atoms with Crippen molar-refractivity contribution >= 4 is 11.8 Å². The van der Waals surface area contributed by atoms with Crippen LogP contribution in [0.3, 0.4) is 0 Å². The summed E-state index contributed by atoms with van der Waals surface area (Å²) in [5, 5.41) is 0. The van der Waals surface area contributed by atoms with Gasteiger partial charge in [-0.15, -0.1) is 0 Å². The van der Waals surface area contributed by atoms with Crippen LogP contribution >= 0.6 is 0 Å². The quantitative estimate of drug-likeness (QED) is 0.722. The molecule has 0 unspecified atom stereocenters. The minimum absolute atomic E-state index is 0.116. The van der Waals surface area contributed by atoms with E-state index in [-0.39, 0.29) is 11.8 Å². The number of aryl methyl sites for hydroxylation is 2. The number of rotatable bonds is 6. The Morgan fingerprint density at radius 2 is 1.35 bits per heavy atom. The van der Waals surface area contributed by atoms with Crippen LogP contribution in [0.4, 0.5) is 0 Å². The highest BCUT2D eigenvalue weighted by molar-refractivity contribution is 5.95. The van der Waals surface area contributed by atoms with E-state index in [4.69, 9.17) is 0 Å². The summed E-state index contributed by atoms with van der Waals surface area (Å²) in [5.74, 6) is 0.358. The fourth-order valence-corrected chi connectivity index (χ4v) is 4.58. The molecule has 2 aliphatic heterocycles. The summed E-state index contributed by atoms with van der Waals surface area (Å²) in [4.78, 5) is 31.9. The number of likely N-dealkylation sites (tertiary alicyclic amines) is 1. The Morgan fingerprint density at radius 3 is 2.10 bits per heavy atom. The molecule has 2 aliphatic rings. The highest BCUT2D eigenvalue weighted by Gasteiger charge is 2.26. The largest absolute Gasteiger partial charge is 0.342 e. The summed E-state index contributed by atoms with van der Waals surface area (Å²) in [5.41, 5.74) is 3.21. The predicted octanol–water partition coefficient (Wildman–Crippen LogP) is 3.24. The highest BCUT2D eigenvalue weighted by atomic mass is 16.2. The van der Waals surface area contributed by atoms with Crippen LogP contribution in [0, 0.1) is 0 Å². The second-order valence-electron chi connectivity index (χ2n) is 8.65. The maximum atomic E-state index is 13.2. The molecule has 5 nitrogen and oxygen atoms in total. The topological polar surface area (TPSA) is 43.9 Å². The maximum Gasteiger partial charge on any atom is 0.254 e. The van der Waals surface area contributed by atoms with Crippen molar-refractivity contribution in [2.24, 2.45) is 0 Å². The van der Waals surface area contributed by atoms with Gasteiger partial charge >= 0.3 is 0 Å². The lowest BCUT2D eigenvalue weighted by molar-refractivity contribution is -0.133. The average Bonchev–Trinajstić information content (AvgIpc) is 2.84. The summed E-state index contributed by atoms with van der Waals surface area (Å²) >= 11 is 0. The van der Waals surface area contributed by atoms with Crippen molar-refractivity contribution in [1.82, 2.24) is 14.7 Å². The standard InChI is InChI=1S/C26H33N3O2/c30-25(28-15-7-2-8-16-28)21-27-17-19-29(20-18-27)26(31)24-12-6-5-11-23(24)14-13-22-9-3-1-4-10-22/h1,3-6,9-12H,2,7-8,13-21H2. The molecular weight excluding hydrogens is 386 g/mol. The Morgan fingerprint density at radius 1 is 0.677 bits per heavy atom. The average molecular weight is 420 g/mol. The molecule has 0 bridgehead atoms. The summed E-state index contributed by atoms with van der Waals surface area (Å²) in [6.45, 7) is 5.16. The van der Waals surface area contributed by atoms with Crippen LogP contribution in [0.25, 0.3) is 0 Å². The number of piperazine rings is 1. The number of carbonyl (C=O) groups excluding carboxylic acids is 2. The van der Waals surface area contributed by atoms with Gasteiger partial charge in [-0.3, -0.25) is 14.5 Å². The third-order valence-corrected chi connectivity index (χ3v) is 6.50. The molecule has 164 valence electrons. The lowest BCUT2D eigenvalue weighted by Gasteiger charge is -2.36. The predicted molar refractivity (Wildman–Crippen MR) is 123 cm³/mol. The Labute approximate surface area is 185 Å². The first-order chi connectivity index (χ1) is 15.2. The van der Waals surface area contributed by atoms with E-state index in [2.05, 4.69) is 35.2 Å². The summed E-state index contributed by atoms with van der Waals surface area (Å²) in [6.07, 6.45) is 5.26. The zero-order chi connectivity index (χ0) is 21.5. The summed E-state index contributed by atoms with van der Waals surface area (Å²) in [7, 11) is 0. The van der Waals surface area contributed by atoms with Gasteiger partial charge in [0.2, 0.25) is 5.91 Å². The van der Waals surface area contributed by atoms with Crippen molar-refractivity contribution < 1.29 is 9.59 Å². The Bertz CT molecular complexity index is 869. The number of carbonyl (C=O) groups is 2. The Balaban J connectivity index is 1.31. The third-order valence-electron chi connectivity index (χ3n) is 6.50. The van der Waals surface area contributed by atoms with E-state index in [9.17, 15) is 9.59 Å². The first-order valence-corrected chi connectivity index (χ1v) is 11.6. The number of nitrogens with zero attached hydrogens (tertiary/aromatic N) is 3. The van der Waals surface area contributed by atoms with Gasteiger partial charge in [0.15, 0.2) is 0 Å². The summed E-state index contributed by atoms with van der Waals surface area (Å²) < 4.78 is 0. The monoisotopic (exact) mass is 419 g/mol. The van der Waals surface area contributed by atoms with Gasteiger partial charge in [0, 0.05) is 44.8 Å². The first-order valence-electron chi connectivity index (χ1n) is 11.6. The third kappa shape index (κ3) is 5.73. The highest BCUT2D eigenvalue weighted by Crippen LogP contribution is 2.17. The molecule has 4 rings (SSSR count). The van der Waals surface area contributed by atoms with Gasteiger partial charge in [-0.25, -0.2) is 0 Å². The zero-order valence-corrected chi connectivity index (χ0v) is 18.3. The van der Waals surface area contributed by atoms with Gasteiger partial charge in [-0.1, -0.05) is 48.5 Å². The van der Waals surface area contributed by atoms with E-state index in [1.54, 1.807) is 0 Å². The Hall–Kier alpha value is -2.66. The number of hydrogen-bond donors (Lipinski definition) is 0. The SMILES string of the molecule is O=C(CN1CCN(C(=O)c2ccccc2CCc2ccccc2)CC1)N1CCCCC1. The molecule has 5 heteroatoms. The van der Waals surface area contributed by atoms with Crippen LogP contribution in [-0.2, 0) is 17.6 Å². The molecule has 0 N–H and O–H groups in total. The van der Waals surface area contributed by atoms with Crippen molar-refractivity contribution in [2.75, 3.05) is 45.8 Å². The number of amides is 2. The molecule has 2 aromatic rings. The van der Waals surface area contributed by atoms with Crippen molar-refractivity contribution in [3.8, 4) is 0 Å². The number of hydrogen-bond acceptors (Lipinski definition) is 3. The molecule has 0 aliphatic carbocycles. The van der Waals surface area contributed by atoms with Crippen molar-refractivity contribution in [1.29, 1.82) is 0 Å². The minimum atomic E-state index is 0.116. The van der Waals surface area contributed by atoms with Crippen molar-refractivity contribution in [2.45, 2.75) is 32.1 Å². The van der Waals surface area contributed by atoms with Crippen LogP contribution < -0.4 is 0 Å². The fourth-order valence-electron chi connectivity index (χ4n) is 4.58. The first kappa shape index (κ1) is 21.6. The zero-order valence-electron chi connectivity index (χ0n) is 18.3. The van der Waals surface area contributed by atoms with Crippen molar-refractivity contribution in [3.05, 3.63) is 71.3 Å². The molecule has 0 radical (unpaired) electrons. The molecule has 0 spiro atoms. The van der Waals surface area contributed by atoms with Crippen molar-refractivity contribution in [3.63, 3.8) is 0 Å². The van der Waals surface area contributed by atoms with Crippen LogP contribution in [0.5, 0.6) is 0 Å². The van der Waals surface area contributed by atoms with E-state index in [0.717, 1.165) is 63.0 Å². The summed E-state index contributed by atoms with van der Waals surface area (Å²) in [6, 6.07) is 18.4. The fraction of sp³-hybridized carbons (Fsp3) is 0.462. The molecule has 2 heterocycles. The molecule has 0 aromatic heterocycles. The molecule has 31 heavy (non-hydrogen) atoms. The second-order valence-corrected chi connectivity index (χ2v) is 8.65. The van der Waals surface area contributed by atoms with E-state index in [1.807, 2.05) is 34.1 Å². The van der Waals surface area contributed by atoms with Gasteiger partial charge in [-0.2, -0.15) is 0 Å². The van der Waals surface area contributed by atoms with E-state index in [0.29, 0.717) is 19.6 Å². The normalized spacial score (nSPS) is 17.5. The van der Waals surface area contributed by atoms with Crippen LogP contribution in [0.15, 0.2) is 54.6 Å². The molecular formula is C26H33N3O2. The Kier molecular flexibility index (Phi) is 7.36. The van der Waals surface area contributed by atoms with Crippen LogP contribution in [-0.4, -0.2) is 72.3 Å². The lowest BCUT2D eigenvalue weighted by Crippen LogP contribution is -2.52. The lowest BCUT2D eigenvalue weighted by atomic mass is 9.99. The minimum Gasteiger partial charge on any atom is -0.342 e. The smallest absolute Gasteiger partial charge is 0.254 e. The number of benzene rings is 2. The second kappa shape index (κ2) is 10.6. The van der Waals surface area contributed by atoms with Crippen LogP contribution in [0.2, 0.25) is 0 Å². The van der Waals surface area contributed by atoms with Gasteiger partial charge in [0.25, 0.3) is 5.91 Å². The molecule has 2 fully saturated rings. The van der Waals surface area contributed by atoms with Gasteiger partial charge in [-0.05, 0) is 49.3 Å². The molecule has 2 saturated heterocycles. The van der Waals surface area contributed by atoms with Gasteiger partial charge < -0.3 is 9.80 Å². The van der Waals surface area contributed by atoms with Gasteiger partial charge in [0.1, 0.15) is 0 Å².